The summed E-state index contributed by atoms with van der Waals surface area (Å²) < 4.78 is 26.5. The Labute approximate surface area is 117 Å². The van der Waals surface area contributed by atoms with Gasteiger partial charge in [0.05, 0.1) is 6.04 Å². The molecule has 1 atom stereocenters. The zero-order valence-corrected chi connectivity index (χ0v) is 11.7. The minimum Gasteiger partial charge on any atom is -0.306 e. The Morgan fingerprint density at radius 2 is 2.00 bits per heavy atom. The molecule has 106 valence electrons. The largest absolute Gasteiger partial charge is 0.306 e. The molecule has 0 aliphatic rings. The highest BCUT2D eigenvalue weighted by molar-refractivity contribution is 5.35. The van der Waals surface area contributed by atoms with Crippen LogP contribution in [0.15, 0.2) is 36.7 Å². The molecule has 2 nitrogen and oxygen atoms in total. The van der Waals surface area contributed by atoms with Crippen molar-refractivity contribution in [2.75, 3.05) is 6.54 Å². The van der Waals surface area contributed by atoms with Gasteiger partial charge in [0.25, 0.3) is 0 Å². The highest BCUT2D eigenvalue weighted by Crippen LogP contribution is 2.25. The van der Waals surface area contributed by atoms with Gasteiger partial charge in [-0.25, -0.2) is 8.78 Å². The molecule has 0 aliphatic heterocycles. The molecule has 0 fully saturated rings. The third kappa shape index (κ3) is 3.20. The van der Waals surface area contributed by atoms with Gasteiger partial charge in [-0.05, 0) is 54.8 Å². The van der Waals surface area contributed by atoms with E-state index < -0.39 is 11.6 Å². The maximum absolute atomic E-state index is 13.5. The summed E-state index contributed by atoms with van der Waals surface area (Å²) >= 11 is 0. The van der Waals surface area contributed by atoms with Crippen LogP contribution in [0.25, 0.3) is 0 Å². The Morgan fingerprint density at radius 1 is 1.20 bits per heavy atom. The number of rotatable bonds is 5. The molecule has 2 aromatic rings. The van der Waals surface area contributed by atoms with Gasteiger partial charge in [-0.15, -0.1) is 0 Å². The van der Waals surface area contributed by atoms with E-state index >= 15 is 0 Å². The third-order valence-corrected chi connectivity index (χ3v) is 3.27. The maximum atomic E-state index is 13.5. The second-order valence-corrected chi connectivity index (χ2v) is 4.79. The van der Waals surface area contributed by atoms with Crippen molar-refractivity contribution >= 4 is 0 Å². The highest BCUT2D eigenvalue weighted by Gasteiger charge is 2.17. The summed E-state index contributed by atoms with van der Waals surface area (Å²) in [5.41, 5.74) is 2.75. The van der Waals surface area contributed by atoms with Gasteiger partial charge in [0.1, 0.15) is 0 Å². The van der Waals surface area contributed by atoms with Crippen LogP contribution < -0.4 is 5.32 Å². The van der Waals surface area contributed by atoms with Gasteiger partial charge in [0.15, 0.2) is 11.6 Å². The molecule has 1 aromatic carbocycles. The van der Waals surface area contributed by atoms with Gasteiger partial charge < -0.3 is 5.32 Å². The van der Waals surface area contributed by atoms with Gasteiger partial charge in [0, 0.05) is 12.4 Å². The van der Waals surface area contributed by atoms with Crippen molar-refractivity contribution in [1.29, 1.82) is 0 Å². The van der Waals surface area contributed by atoms with Crippen LogP contribution in [0.5, 0.6) is 0 Å². The summed E-state index contributed by atoms with van der Waals surface area (Å²) in [6.45, 7) is 4.83. The molecule has 0 aliphatic carbocycles. The molecule has 4 heteroatoms. The average Bonchev–Trinajstić information content (AvgIpc) is 2.44. The number of aryl methyl sites for hydroxylation is 1. The molecule has 0 radical (unpaired) electrons. The quantitative estimate of drug-likeness (QED) is 0.899. The van der Waals surface area contributed by atoms with Crippen LogP contribution in [0.1, 0.15) is 36.1 Å². The molecule has 1 unspecified atom stereocenters. The van der Waals surface area contributed by atoms with Gasteiger partial charge >= 0.3 is 0 Å². The second-order valence-electron chi connectivity index (χ2n) is 4.79. The molecule has 0 saturated heterocycles. The van der Waals surface area contributed by atoms with E-state index in [2.05, 4.69) is 17.2 Å². The molecule has 0 spiro atoms. The Hall–Kier alpha value is -1.81. The number of pyridine rings is 1. The van der Waals surface area contributed by atoms with Crippen molar-refractivity contribution in [2.45, 2.75) is 26.3 Å². The number of hydrogen-bond donors (Lipinski definition) is 1. The van der Waals surface area contributed by atoms with E-state index in [9.17, 15) is 8.78 Å². The first-order valence-corrected chi connectivity index (χ1v) is 6.72. The molecule has 0 bridgehead atoms. The van der Waals surface area contributed by atoms with Crippen LogP contribution in [0.4, 0.5) is 8.78 Å². The van der Waals surface area contributed by atoms with Gasteiger partial charge in [-0.3, -0.25) is 4.98 Å². The van der Waals surface area contributed by atoms with Gasteiger partial charge in [-0.2, -0.15) is 0 Å². The predicted molar refractivity (Wildman–Crippen MR) is 75.5 cm³/mol. The molecular weight excluding hydrogens is 258 g/mol. The van der Waals surface area contributed by atoms with Gasteiger partial charge in [-0.1, -0.05) is 13.0 Å². The number of aromatic nitrogens is 1. The number of benzene rings is 1. The minimum absolute atomic E-state index is 0.182. The van der Waals surface area contributed by atoms with Crippen LogP contribution in [-0.4, -0.2) is 11.5 Å². The maximum Gasteiger partial charge on any atom is 0.159 e. The second kappa shape index (κ2) is 6.57. The highest BCUT2D eigenvalue weighted by atomic mass is 19.2. The summed E-state index contributed by atoms with van der Waals surface area (Å²) in [5.74, 6) is -1.65. The summed E-state index contributed by atoms with van der Waals surface area (Å²) in [5, 5.41) is 3.36. The monoisotopic (exact) mass is 276 g/mol. The summed E-state index contributed by atoms with van der Waals surface area (Å²) in [4.78, 5) is 4.13. The predicted octanol–water partition coefficient (Wildman–Crippen LogP) is 3.76. The lowest BCUT2D eigenvalue weighted by Gasteiger charge is -2.21. The number of nitrogens with zero attached hydrogens (tertiary/aromatic N) is 1. The zero-order chi connectivity index (χ0) is 14.5. The zero-order valence-electron chi connectivity index (χ0n) is 11.7. The Morgan fingerprint density at radius 3 is 2.65 bits per heavy atom. The van der Waals surface area contributed by atoms with Crippen LogP contribution in [-0.2, 0) is 0 Å². The van der Waals surface area contributed by atoms with E-state index in [0.29, 0.717) is 5.56 Å². The van der Waals surface area contributed by atoms with Gasteiger partial charge in [0.2, 0.25) is 0 Å². The number of halogens is 2. The summed E-state index contributed by atoms with van der Waals surface area (Å²) in [7, 11) is 0. The SMILES string of the molecule is CCCNC(c1ccc(F)c(F)c1)c1cnccc1C. The lowest BCUT2D eigenvalue weighted by Crippen LogP contribution is -2.24. The topological polar surface area (TPSA) is 24.9 Å². The lowest BCUT2D eigenvalue weighted by molar-refractivity contribution is 0.503. The minimum atomic E-state index is -0.828. The fraction of sp³-hybridized carbons (Fsp3) is 0.312. The first-order chi connectivity index (χ1) is 9.63. The molecule has 20 heavy (non-hydrogen) atoms. The van der Waals surface area contributed by atoms with E-state index in [4.69, 9.17) is 0 Å². The normalized spacial score (nSPS) is 12.4. The van der Waals surface area contributed by atoms with Crippen molar-refractivity contribution in [3.63, 3.8) is 0 Å². The molecule has 2 rings (SSSR count). The van der Waals surface area contributed by atoms with Crippen molar-refractivity contribution in [1.82, 2.24) is 10.3 Å². The molecule has 1 N–H and O–H groups in total. The fourth-order valence-corrected chi connectivity index (χ4v) is 2.17. The van der Waals surface area contributed by atoms with E-state index in [1.165, 1.54) is 6.07 Å². The van der Waals surface area contributed by atoms with Crippen molar-refractivity contribution < 1.29 is 8.78 Å². The summed E-state index contributed by atoms with van der Waals surface area (Å²) in [6.07, 6.45) is 4.45. The van der Waals surface area contributed by atoms with Crippen molar-refractivity contribution in [3.05, 3.63) is 65.0 Å². The Bertz CT molecular complexity index is 584. The fourth-order valence-electron chi connectivity index (χ4n) is 2.17. The van der Waals surface area contributed by atoms with E-state index in [1.54, 1.807) is 18.5 Å². The van der Waals surface area contributed by atoms with Crippen LogP contribution in [0, 0.1) is 18.6 Å². The first-order valence-electron chi connectivity index (χ1n) is 6.72. The third-order valence-electron chi connectivity index (χ3n) is 3.27. The Kier molecular flexibility index (Phi) is 4.79. The lowest BCUT2D eigenvalue weighted by atomic mass is 9.96. The molecule has 1 aromatic heterocycles. The molecule has 1 heterocycles. The average molecular weight is 276 g/mol. The van der Waals surface area contributed by atoms with Crippen LogP contribution >= 0.6 is 0 Å². The first kappa shape index (κ1) is 14.6. The number of nitrogens with one attached hydrogen (secondary N) is 1. The smallest absolute Gasteiger partial charge is 0.159 e. The molecule has 0 amide bonds. The van der Waals surface area contributed by atoms with Crippen molar-refractivity contribution in [3.8, 4) is 0 Å². The number of hydrogen-bond acceptors (Lipinski definition) is 2. The van der Waals surface area contributed by atoms with Crippen LogP contribution in [0.3, 0.4) is 0 Å². The molecule has 0 saturated carbocycles. The Balaban J connectivity index is 2.41. The molecular formula is C16H18F2N2. The van der Waals surface area contributed by atoms with E-state index in [0.717, 1.165) is 30.2 Å². The van der Waals surface area contributed by atoms with Crippen LogP contribution in [0.2, 0.25) is 0 Å². The summed E-state index contributed by atoms with van der Waals surface area (Å²) in [6, 6.07) is 5.75. The van der Waals surface area contributed by atoms with E-state index in [-0.39, 0.29) is 6.04 Å². The van der Waals surface area contributed by atoms with Crippen molar-refractivity contribution in [2.24, 2.45) is 0 Å². The van der Waals surface area contributed by atoms with E-state index in [1.807, 2.05) is 13.0 Å². The standard InChI is InChI=1S/C16H18F2N2/c1-3-7-20-16(13-10-19-8-6-11(13)2)12-4-5-14(17)15(18)9-12/h4-6,8-10,16,20H,3,7H2,1-2H3.